The Kier molecular flexibility index (Phi) is 8.16. The van der Waals surface area contributed by atoms with Crippen molar-refractivity contribution in [3.05, 3.63) is 47.7 Å². The van der Waals surface area contributed by atoms with Gasteiger partial charge in [0.25, 0.3) is 0 Å². The Morgan fingerprint density at radius 2 is 2.03 bits per heavy atom. The van der Waals surface area contributed by atoms with Crippen molar-refractivity contribution in [3.63, 3.8) is 0 Å². The van der Waals surface area contributed by atoms with E-state index in [0.29, 0.717) is 11.3 Å². The lowest BCUT2D eigenvalue weighted by Crippen LogP contribution is -2.48. The van der Waals surface area contributed by atoms with Gasteiger partial charge in [0.2, 0.25) is 0 Å². The van der Waals surface area contributed by atoms with Crippen LogP contribution in [0.15, 0.2) is 42.1 Å². The van der Waals surface area contributed by atoms with E-state index in [0.717, 1.165) is 0 Å². The Balaban J connectivity index is 2.48. The average molecular weight is 426 g/mol. The molecule has 1 aromatic rings. The summed E-state index contributed by atoms with van der Waals surface area (Å²) in [5, 5.41) is 2.74. The number of alkyl halides is 2. The smallest absolute Gasteiger partial charge is 0.387 e. The van der Waals surface area contributed by atoms with Crippen LogP contribution in [-0.4, -0.2) is 57.5 Å². The molecule has 0 radical (unpaired) electrons. The number of benzene rings is 1. The van der Waals surface area contributed by atoms with Crippen LogP contribution in [0.2, 0.25) is 0 Å². The van der Waals surface area contributed by atoms with Crippen molar-refractivity contribution < 1.29 is 37.3 Å². The third-order valence-electron chi connectivity index (χ3n) is 4.39. The molecule has 1 aromatic carbocycles. The van der Waals surface area contributed by atoms with Crippen LogP contribution in [0.25, 0.3) is 0 Å². The van der Waals surface area contributed by atoms with Crippen molar-refractivity contribution in [2.24, 2.45) is 0 Å². The first-order valence-electron chi connectivity index (χ1n) is 9.02. The first-order valence-corrected chi connectivity index (χ1v) is 9.02. The maximum Gasteiger partial charge on any atom is 0.387 e. The summed E-state index contributed by atoms with van der Waals surface area (Å²) < 4.78 is 44.9. The SMILES string of the molecule is C=CCN1C(=O)NC(c2ccc(OC(F)F)c(OC)c2)C(C(=O)OCCOC)=C1C. The zero-order valence-electron chi connectivity index (χ0n) is 16.9. The number of allylic oxidation sites excluding steroid dienone is 1. The lowest BCUT2D eigenvalue weighted by molar-refractivity contribution is -0.140. The first kappa shape index (κ1) is 23.1. The summed E-state index contributed by atoms with van der Waals surface area (Å²) in [5.74, 6) is -0.785. The summed E-state index contributed by atoms with van der Waals surface area (Å²) in [6.07, 6.45) is 1.52. The molecule has 8 nitrogen and oxygen atoms in total. The molecule has 0 fully saturated rings. The van der Waals surface area contributed by atoms with Gasteiger partial charge in [-0.2, -0.15) is 8.78 Å². The van der Waals surface area contributed by atoms with Crippen molar-refractivity contribution in [1.82, 2.24) is 10.2 Å². The summed E-state index contributed by atoms with van der Waals surface area (Å²) in [5.41, 5.74) is 1.01. The molecule has 1 aliphatic rings. The number of methoxy groups -OCH3 is 2. The van der Waals surface area contributed by atoms with Crippen molar-refractivity contribution in [1.29, 1.82) is 0 Å². The van der Waals surface area contributed by atoms with Crippen LogP contribution in [0, 0.1) is 0 Å². The number of nitrogens with one attached hydrogen (secondary N) is 1. The van der Waals surface area contributed by atoms with Crippen LogP contribution in [0.1, 0.15) is 18.5 Å². The Morgan fingerprint density at radius 3 is 2.63 bits per heavy atom. The molecule has 10 heteroatoms. The molecule has 0 saturated carbocycles. The van der Waals surface area contributed by atoms with Crippen LogP contribution < -0.4 is 14.8 Å². The Labute approximate surface area is 173 Å². The number of carbonyl (C=O) groups is 2. The number of nitrogens with zero attached hydrogens (tertiary/aromatic N) is 1. The number of ether oxygens (including phenoxy) is 4. The second kappa shape index (κ2) is 10.6. The summed E-state index contributed by atoms with van der Waals surface area (Å²) in [6.45, 7) is 2.63. The molecule has 1 unspecified atom stereocenters. The molecule has 1 N–H and O–H groups in total. The third kappa shape index (κ3) is 5.26. The van der Waals surface area contributed by atoms with Gasteiger partial charge in [0.05, 0.1) is 25.3 Å². The second-order valence-electron chi connectivity index (χ2n) is 6.20. The molecule has 164 valence electrons. The molecule has 0 aliphatic carbocycles. The molecule has 30 heavy (non-hydrogen) atoms. The van der Waals surface area contributed by atoms with Crippen LogP contribution in [0.5, 0.6) is 11.5 Å². The van der Waals surface area contributed by atoms with E-state index in [1.54, 1.807) is 6.92 Å². The van der Waals surface area contributed by atoms with E-state index in [4.69, 9.17) is 14.2 Å². The van der Waals surface area contributed by atoms with Crippen molar-refractivity contribution >= 4 is 12.0 Å². The topological polar surface area (TPSA) is 86.3 Å². The average Bonchev–Trinajstić information content (AvgIpc) is 2.70. The van der Waals surface area contributed by atoms with Gasteiger partial charge in [-0.25, -0.2) is 9.59 Å². The number of rotatable bonds is 10. The maximum absolute atomic E-state index is 12.8. The van der Waals surface area contributed by atoms with Crippen molar-refractivity contribution in [2.45, 2.75) is 19.6 Å². The monoisotopic (exact) mass is 426 g/mol. The van der Waals surface area contributed by atoms with Gasteiger partial charge < -0.3 is 24.3 Å². The normalized spacial score (nSPS) is 16.4. The predicted molar refractivity (Wildman–Crippen MR) is 103 cm³/mol. The van der Waals surface area contributed by atoms with Gasteiger partial charge in [0.15, 0.2) is 11.5 Å². The van der Waals surface area contributed by atoms with Gasteiger partial charge in [0.1, 0.15) is 6.61 Å². The van der Waals surface area contributed by atoms with E-state index in [-0.39, 0.29) is 36.8 Å². The first-order chi connectivity index (χ1) is 14.3. The highest BCUT2D eigenvalue weighted by Gasteiger charge is 2.36. The van der Waals surface area contributed by atoms with Gasteiger partial charge >= 0.3 is 18.6 Å². The Hall–Kier alpha value is -3.14. The second-order valence-corrected chi connectivity index (χ2v) is 6.20. The molecule has 2 rings (SSSR count). The maximum atomic E-state index is 12.8. The van der Waals surface area contributed by atoms with Gasteiger partial charge in [-0.15, -0.1) is 6.58 Å². The van der Waals surface area contributed by atoms with Gasteiger partial charge in [-0.1, -0.05) is 12.1 Å². The molecule has 1 atom stereocenters. The molecular weight excluding hydrogens is 402 g/mol. The van der Waals surface area contributed by atoms with E-state index in [1.165, 1.54) is 43.4 Å². The molecule has 0 bridgehead atoms. The minimum absolute atomic E-state index is 0.0265. The van der Waals surface area contributed by atoms with E-state index in [2.05, 4.69) is 16.6 Å². The largest absolute Gasteiger partial charge is 0.493 e. The number of urea groups is 1. The minimum Gasteiger partial charge on any atom is -0.493 e. The lowest BCUT2D eigenvalue weighted by atomic mass is 9.94. The summed E-state index contributed by atoms with van der Waals surface area (Å²) in [6, 6.07) is 2.83. The molecule has 1 heterocycles. The zero-order chi connectivity index (χ0) is 22.3. The molecule has 0 saturated heterocycles. The number of hydrogen-bond acceptors (Lipinski definition) is 6. The molecule has 0 spiro atoms. The summed E-state index contributed by atoms with van der Waals surface area (Å²) in [7, 11) is 2.77. The van der Waals surface area contributed by atoms with Crippen LogP contribution in [-0.2, 0) is 14.3 Å². The third-order valence-corrected chi connectivity index (χ3v) is 4.39. The van der Waals surface area contributed by atoms with E-state index >= 15 is 0 Å². The van der Waals surface area contributed by atoms with Crippen LogP contribution in [0.3, 0.4) is 0 Å². The lowest BCUT2D eigenvalue weighted by Gasteiger charge is -2.35. The fourth-order valence-electron chi connectivity index (χ4n) is 3.00. The number of hydrogen-bond donors (Lipinski definition) is 1. The van der Waals surface area contributed by atoms with E-state index in [1.807, 2.05) is 0 Å². The number of amides is 2. The highest BCUT2D eigenvalue weighted by atomic mass is 19.3. The minimum atomic E-state index is -3.03. The number of carbonyl (C=O) groups excluding carboxylic acids is 2. The number of esters is 1. The quantitative estimate of drug-likeness (QED) is 0.352. The van der Waals surface area contributed by atoms with Crippen LogP contribution in [0.4, 0.5) is 13.6 Å². The highest BCUT2D eigenvalue weighted by Crippen LogP contribution is 2.36. The molecule has 0 aromatic heterocycles. The predicted octanol–water partition coefficient (Wildman–Crippen LogP) is 3.01. The summed E-state index contributed by atoms with van der Waals surface area (Å²) in [4.78, 5) is 26.7. The zero-order valence-corrected chi connectivity index (χ0v) is 16.9. The van der Waals surface area contributed by atoms with Gasteiger partial charge in [0, 0.05) is 19.4 Å². The molecular formula is C20H24F2N2O6. The van der Waals surface area contributed by atoms with Crippen LogP contribution >= 0.6 is 0 Å². The molecule has 1 aliphatic heterocycles. The summed E-state index contributed by atoms with van der Waals surface area (Å²) >= 11 is 0. The van der Waals surface area contributed by atoms with E-state index < -0.39 is 24.7 Å². The fourth-order valence-corrected chi connectivity index (χ4v) is 3.00. The fraction of sp³-hybridized carbons (Fsp3) is 0.400. The standard InChI is InChI=1S/C20H24F2N2O6/c1-5-8-24-12(2)16(18(25)29-10-9-27-3)17(23-20(24)26)13-6-7-14(30-19(21)22)15(11-13)28-4/h5-7,11,17,19H,1,8-10H2,2-4H3,(H,23,26). The van der Waals surface area contributed by atoms with Crippen molar-refractivity contribution in [2.75, 3.05) is 34.0 Å². The van der Waals surface area contributed by atoms with Gasteiger partial charge in [-0.05, 0) is 24.6 Å². The Bertz CT molecular complexity index is 828. The Morgan fingerprint density at radius 1 is 1.30 bits per heavy atom. The van der Waals surface area contributed by atoms with Gasteiger partial charge in [-0.3, -0.25) is 4.90 Å². The molecule has 2 amide bonds. The number of halogens is 2. The van der Waals surface area contributed by atoms with E-state index in [9.17, 15) is 18.4 Å². The highest BCUT2D eigenvalue weighted by molar-refractivity contribution is 5.95. The van der Waals surface area contributed by atoms with Crippen molar-refractivity contribution in [3.8, 4) is 11.5 Å².